The van der Waals surface area contributed by atoms with Gasteiger partial charge in [0.05, 0.1) is 12.9 Å². The van der Waals surface area contributed by atoms with Gasteiger partial charge in [0.2, 0.25) is 11.7 Å². The number of aromatic amines is 1. The number of anilines is 2. The standard InChI is InChI=1S/C16H15F3N6O2/c1-9(26)23-10-3-2-4-11(7-10)27-6-5-20-13-12-14(22-8-21-12)25-15(24-13)16(17,18)19/h2-4,7-8H,5-6H2,1H3,(H,23,26)(H2,20,21,22,24,25). The molecule has 2 aromatic heterocycles. The number of halogens is 3. The van der Waals surface area contributed by atoms with Crippen molar-refractivity contribution in [1.29, 1.82) is 0 Å². The number of H-pyrrole nitrogens is 1. The van der Waals surface area contributed by atoms with Gasteiger partial charge in [-0.05, 0) is 12.1 Å². The molecule has 0 bridgehead atoms. The molecule has 27 heavy (non-hydrogen) atoms. The van der Waals surface area contributed by atoms with Gasteiger partial charge in [-0.25, -0.2) is 15.0 Å². The summed E-state index contributed by atoms with van der Waals surface area (Å²) in [5.41, 5.74) is 0.775. The van der Waals surface area contributed by atoms with Gasteiger partial charge in [-0.15, -0.1) is 0 Å². The predicted molar refractivity (Wildman–Crippen MR) is 91.4 cm³/mol. The number of carbonyl (C=O) groups excluding carboxylic acids is 1. The Bertz CT molecular complexity index is 957. The lowest BCUT2D eigenvalue weighted by Gasteiger charge is -2.11. The van der Waals surface area contributed by atoms with Crippen molar-refractivity contribution in [2.24, 2.45) is 0 Å². The van der Waals surface area contributed by atoms with Crippen molar-refractivity contribution < 1.29 is 22.7 Å². The molecule has 0 saturated heterocycles. The Morgan fingerprint density at radius 2 is 2.11 bits per heavy atom. The number of fused-ring (bicyclic) bond motifs is 1. The first-order valence-corrected chi connectivity index (χ1v) is 7.85. The monoisotopic (exact) mass is 380 g/mol. The van der Waals surface area contributed by atoms with Crippen molar-refractivity contribution in [2.45, 2.75) is 13.1 Å². The summed E-state index contributed by atoms with van der Waals surface area (Å²) in [6.45, 7) is 1.74. The van der Waals surface area contributed by atoms with Crippen molar-refractivity contribution in [2.75, 3.05) is 23.8 Å². The number of ether oxygens (including phenoxy) is 1. The molecule has 0 radical (unpaired) electrons. The number of benzene rings is 1. The van der Waals surface area contributed by atoms with Crippen LogP contribution in [0.3, 0.4) is 0 Å². The van der Waals surface area contributed by atoms with Crippen LogP contribution in [0.15, 0.2) is 30.6 Å². The van der Waals surface area contributed by atoms with Crippen LogP contribution in [0.4, 0.5) is 24.7 Å². The van der Waals surface area contributed by atoms with E-state index in [1.165, 1.54) is 13.3 Å². The van der Waals surface area contributed by atoms with E-state index in [4.69, 9.17) is 4.74 Å². The maximum atomic E-state index is 12.9. The average molecular weight is 380 g/mol. The molecule has 3 N–H and O–H groups in total. The summed E-state index contributed by atoms with van der Waals surface area (Å²) in [6.07, 6.45) is -3.43. The van der Waals surface area contributed by atoms with Crippen LogP contribution in [0.25, 0.3) is 11.2 Å². The first-order valence-electron chi connectivity index (χ1n) is 7.85. The van der Waals surface area contributed by atoms with Crippen molar-refractivity contribution in [3.05, 3.63) is 36.4 Å². The Morgan fingerprint density at radius 3 is 2.85 bits per heavy atom. The van der Waals surface area contributed by atoms with Gasteiger partial charge < -0.3 is 20.4 Å². The van der Waals surface area contributed by atoms with Crippen LogP contribution in [-0.4, -0.2) is 39.0 Å². The summed E-state index contributed by atoms with van der Waals surface area (Å²) < 4.78 is 44.2. The number of amides is 1. The average Bonchev–Trinajstić information content (AvgIpc) is 3.06. The highest BCUT2D eigenvalue weighted by Crippen LogP contribution is 2.29. The normalized spacial score (nSPS) is 11.4. The zero-order chi connectivity index (χ0) is 19.4. The molecule has 1 amide bonds. The minimum atomic E-state index is -4.68. The van der Waals surface area contributed by atoms with E-state index in [1.54, 1.807) is 24.3 Å². The number of hydrogen-bond donors (Lipinski definition) is 3. The second-order valence-electron chi connectivity index (χ2n) is 5.48. The molecular formula is C16H15F3N6O2. The zero-order valence-electron chi connectivity index (χ0n) is 14.1. The summed E-state index contributed by atoms with van der Waals surface area (Å²) in [5, 5.41) is 5.42. The third-order valence-electron chi connectivity index (χ3n) is 3.36. The quantitative estimate of drug-likeness (QED) is 0.568. The number of aromatic nitrogens is 4. The molecule has 0 aliphatic rings. The number of rotatable bonds is 6. The Kier molecular flexibility index (Phi) is 5.10. The smallest absolute Gasteiger partial charge is 0.451 e. The second-order valence-corrected chi connectivity index (χ2v) is 5.48. The van der Waals surface area contributed by atoms with E-state index >= 15 is 0 Å². The van der Waals surface area contributed by atoms with Crippen LogP contribution in [0, 0.1) is 0 Å². The Hall–Kier alpha value is -3.37. The highest BCUT2D eigenvalue weighted by atomic mass is 19.4. The first-order chi connectivity index (χ1) is 12.8. The van der Waals surface area contributed by atoms with Crippen molar-refractivity contribution in [3.63, 3.8) is 0 Å². The SMILES string of the molecule is CC(=O)Nc1cccc(OCCNc2nc(C(F)(F)F)nc3nc[nH]c23)c1. The summed E-state index contributed by atoms with van der Waals surface area (Å²) >= 11 is 0. The fourth-order valence-corrected chi connectivity index (χ4v) is 2.29. The van der Waals surface area contributed by atoms with Gasteiger partial charge in [0.15, 0.2) is 11.5 Å². The number of hydrogen-bond acceptors (Lipinski definition) is 6. The molecule has 3 aromatic rings. The first kappa shape index (κ1) is 18.4. The van der Waals surface area contributed by atoms with Gasteiger partial charge in [0.25, 0.3) is 0 Å². The van der Waals surface area contributed by atoms with E-state index in [2.05, 4.69) is 30.6 Å². The van der Waals surface area contributed by atoms with Gasteiger partial charge in [-0.3, -0.25) is 4.79 Å². The molecule has 0 unspecified atom stereocenters. The number of nitrogens with one attached hydrogen (secondary N) is 3. The van der Waals surface area contributed by atoms with Gasteiger partial charge in [-0.1, -0.05) is 6.07 Å². The Morgan fingerprint density at radius 1 is 1.30 bits per heavy atom. The van der Waals surface area contributed by atoms with E-state index in [-0.39, 0.29) is 36.0 Å². The Labute approximate surface area is 151 Å². The summed E-state index contributed by atoms with van der Waals surface area (Å²) in [7, 11) is 0. The van der Waals surface area contributed by atoms with Crippen LogP contribution in [-0.2, 0) is 11.0 Å². The minimum Gasteiger partial charge on any atom is -0.492 e. The van der Waals surface area contributed by atoms with E-state index in [0.29, 0.717) is 11.4 Å². The molecule has 2 heterocycles. The van der Waals surface area contributed by atoms with Crippen LogP contribution in [0.5, 0.6) is 5.75 Å². The molecule has 0 aliphatic heterocycles. The largest absolute Gasteiger partial charge is 0.492 e. The molecule has 0 fully saturated rings. The maximum Gasteiger partial charge on any atom is 0.451 e. The van der Waals surface area contributed by atoms with Crippen molar-refractivity contribution in [1.82, 2.24) is 19.9 Å². The molecule has 0 aliphatic carbocycles. The zero-order valence-corrected chi connectivity index (χ0v) is 14.1. The molecule has 3 rings (SSSR count). The highest BCUT2D eigenvalue weighted by Gasteiger charge is 2.36. The number of alkyl halides is 3. The van der Waals surface area contributed by atoms with Crippen LogP contribution in [0.2, 0.25) is 0 Å². The third-order valence-corrected chi connectivity index (χ3v) is 3.36. The molecule has 0 spiro atoms. The maximum absolute atomic E-state index is 12.9. The van der Waals surface area contributed by atoms with E-state index in [0.717, 1.165) is 0 Å². The molecular weight excluding hydrogens is 365 g/mol. The van der Waals surface area contributed by atoms with Crippen LogP contribution >= 0.6 is 0 Å². The second kappa shape index (κ2) is 7.48. The highest BCUT2D eigenvalue weighted by molar-refractivity contribution is 5.88. The summed E-state index contributed by atoms with van der Waals surface area (Å²) in [5.74, 6) is -0.982. The van der Waals surface area contributed by atoms with Gasteiger partial charge in [-0.2, -0.15) is 13.2 Å². The lowest BCUT2D eigenvalue weighted by atomic mass is 10.3. The number of carbonyl (C=O) groups is 1. The molecule has 1 aromatic carbocycles. The fourth-order valence-electron chi connectivity index (χ4n) is 2.29. The number of imidazole rings is 1. The topological polar surface area (TPSA) is 105 Å². The molecule has 11 heteroatoms. The van der Waals surface area contributed by atoms with E-state index in [1.807, 2.05) is 0 Å². The summed E-state index contributed by atoms with van der Waals surface area (Å²) in [4.78, 5) is 24.4. The third kappa shape index (κ3) is 4.63. The van der Waals surface area contributed by atoms with E-state index < -0.39 is 12.0 Å². The van der Waals surface area contributed by atoms with Gasteiger partial charge in [0.1, 0.15) is 17.9 Å². The van der Waals surface area contributed by atoms with Crippen LogP contribution < -0.4 is 15.4 Å². The number of nitrogens with zero attached hydrogens (tertiary/aromatic N) is 3. The lowest BCUT2D eigenvalue weighted by molar-refractivity contribution is -0.144. The van der Waals surface area contributed by atoms with E-state index in [9.17, 15) is 18.0 Å². The Balaban J connectivity index is 1.64. The molecule has 8 nitrogen and oxygen atoms in total. The lowest BCUT2D eigenvalue weighted by Crippen LogP contribution is -2.16. The van der Waals surface area contributed by atoms with Crippen LogP contribution in [0.1, 0.15) is 12.7 Å². The fraction of sp³-hybridized carbons (Fsp3) is 0.250. The molecule has 0 saturated carbocycles. The molecule has 0 atom stereocenters. The predicted octanol–water partition coefficient (Wildman–Crippen LogP) is 2.82. The minimum absolute atomic E-state index is 0.0135. The van der Waals surface area contributed by atoms with Crippen molar-refractivity contribution >= 4 is 28.6 Å². The van der Waals surface area contributed by atoms with Gasteiger partial charge in [0, 0.05) is 18.7 Å². The van der Waals surface area contributed by atoms with Crippen molar-refractivity contribution in [3.8, 4) is 5.75 Å². The van der Waals surface area contributed by atoms with Gasteiger partial charge >= 0.3 is 6.18 Å². The summed E-state index contributed by atoms with van der Waals surface area (Å²) in [6, 6.07) is 6.76. The molecule has 142 valence electrons.